The average Bonchev–Trinajstić information content (AvgIpc) is 3.60. The van der Waals surface area contributed by atoms with Crippen LogP contribution in [0.25, 0.3) is 10.4 Å². The number of carbonyl (C=O) groups is 5. The fourth-order valence-electron chi connectivity index (χ4n) is 5.82. The van der Waals surface area contributed by atoms with E-state index in [9.17, 15) is 102 Å². The Morgan fingerprint density at radius 3 is 1.10 bits per heavy atom. The highest BCUT2D eigenvalue weighted by Gasteiger charge is 2.55. The summed E-state index contributed by atoms with van der Waals surface area (Å²) in [6.45, 7) is -1.20. The lowest BCUT2D eigenvalue weighted by molar-refractivity contribution is -0.306. The Morgan fingerprint density at radius 1 is 0.481 bits per heavy atom. The predicted octanol–water partition coefficient (Wildman–Crippen LogP) is -4.38. The van der Waals surface area contributed by atoms with E-state index in [2.05, 4.69) is 10.0 Å². The van der Waals surface area contributed by atoms with Gasteiger partial charge in [0.25, 0.3) is 0 Å². The van der Waals surface area contributed by atoms with Gasteiger partial charge in [0.15, 0.2) is 18.9 Å². The molecule has 3 saturated heterocycles. The Kier molecular flexibility index (Phi) is 30.5. The van der Waals surface area contributed by atoms with E-state index in [1.165, 1.54) is 0 Å². The summed E-state index contributed by atoms with van der Waals surface area (Å²) in [5.74, 6) is -13.8. The van der Waals surface area contributed by atoms with Crippen LogP contribution < -0.4 is 28.7 Å². The lowest BCUT2D eigenvalue weighted by Gasteiger charge is -2.47. The number of halogens is 15. The molecule has 1 aliphatic carbocycles. The molecule has 19 atom stereocenters. The van der Waals surface area contributed by atoms with Crippen LogP contribution in [0.1, 0.15) is 6.42 Å². The minimum atomic E-state index is -5.08. The van der Waals surface area contributed by atoms with Crippen molar-refractivity contribution in [3.63, 3.8) is 0 Å². The standard InChI is InChI=1S/C23H44N8O13.5C2HF3O2/c24-2-7-13(34)15(36)10(27)21(39-7)43-19-9(4-32)41-23(17(19)38)44-20-12(33)5(25)1-6(26)18(20)42-22-11(28)16(37)14(35)8(40-22)3-30-31-29;5*3-2(4,5)1(6)7/h5-23,32-38H,1-4,24-28H2;5*(H,6,7)/t5-,6+,7+,8-,9-,10-,11-,12+,13-,14-,15-,16-,17-,18-,19-,20-,21-,22-,23+;;;;;/m1...../s1. The summed E-state index contributed by atoms with van der Waals surface area (Å²) in [5, 5.41) is 112. The first kappa shape index (κ1) is 76.0. The maximum Gasteiger partial charge on any atom is 0.490 e. The molecule has 0 amide bonds. The topological polar surface area (TPSA) is 562 Å². The Hall–Kier alpha value is -5.11. The van der Waals surface area contributed by atoms with Crippen molar-refractivity contribution in [2.75, 3.05) is 19.7 Å². The van der Waals surface area contributed by atoms with E-state index in [0.29, 0.717) is 0 Å². The molecule has 0 bridgehead atoms. The molecular formula is C33H49F15N8O23. The Labute approximate surface area is 427 Å². The van der Waals surface area contributed by atoms with Gasteiger partial charge in [-0.2, -0.15) is 65.9 Å². The number of nitrogens with zero attached hydrogens (tertiary/aromatic N) is 3. The number of aliphatic hydroxyl groups excluding tert-OH is 7. The van der Waals surface area contributed by atoms with Crippen molar-refractivity contribution in [2.45, 2.75) is 154 Å². The summed E-state index contributed by atoms with van der Waals surface area (Å²) >= 11 is 0. The van der Waals surface area contributed by atoms with Gasteiger partial charge in [0.2, 0.25) is 0 Å². The number of alkyl halides is 15. The number of rotatable bonds is 10. The number of hydrogen-bond donors (Lipinski definition) is 17. The third kappa shape index (κ3) is 25.1. The largest absolute Gasteiger partial charge is 0.490 e. The maximum absolute atomic E-state index is 11.1. The average molecular weight is 1210 g/mol. The zero-order chi connectivity index (χ0) is 62.8. The fraction of sp³-hybridized carbons (Fsp3) is 0.848. The lowest BCUT2D eigenvalue weighted by Crippen LogP contribution is -2.68. The first-order chi connectivity index (χ1) is 35.6. The Balaban J connectivity index is 0. The van der Waals surface area contributed by atoms with Crippen LogP contribution in [0.3, 0.4) is 0 Å². The molecule has 79 heavy (non-hydrogen) atoms. The van der Waals surface area contributed by atoms with E-state index in [-0.39, 0.29) is 19.5 Å². The molecule has 4 rings (SSSR count). The third-order valence-electron chi connectivity index (χ3n) is 9.68. The van der Waals surface area contributed by atoms with Crippen LogP contribution in [0, 0.1) is 0 Å². The second-order valence-corrected chi connectivity index (χ2v) is 15.4. The van der Waals surface area contributed by atoms with Gasteiger partial charge in [-0.25, -0.2) is 24.0 Å². The van der Waals surface area contributed by atoms with Crippen LogP contribution >= 0.6 is 0 Å². The van der Waals surface area contributed by atoms with Gasteiger partial charge in [-0.3, -0.25) is 0 Å². The van der Waals surface area contributed by atoms with Crippen LogP contribution in [0.15, 0.2) is 5.11 Å². The molecule has 4 aliphatic rings. The molecule has 0 aromatic carbocycles. The number of aliphatic hydroxyl groups is 7. The molecule has 1 saturated carbocycles. The maximum atomic E-state index is 11.1. The van der Waals surface area contributed by atoms with E-state index in [1.54, 1.807) is 0 Å². The van der Waals surface area contributed by atoms with Gasteiger partial charge in [-0.1, -0.05) is 5.11 Å². The summed E-state index contributed by atoms with van der Waals surface area (Å²) in [4.78, 5) is 47.1. The van der Waals surface area contributed by atoms with Crippen molar-refractivity contribution in [2.24, 2.45) is 33.8 Å². The van der Waals surface area contributed by atoms with Crippen molar-refractivity contribution >= 4 is 29.8 Å². The molecule has 0 radical (unpaired) electrons. The van der Waals surface area contributed by atoms with Gasteiger partial charge < -0.3 is 118 Å². The molecule has 0 aromatic rings. The van der Waals surface area contributed by atoms with Crippen molar-refractivity contribution in [3.05, 3.63) is 10.4 Å². The highest BCUT2D eigenvalue weighted by molar-refractivity contribution is 5.74. The van der Waals surface area contributed by atoms with E-state index in [4.69, 9.17) is 112 Å². The number of aliphatic carboxylic acids is 5. The zero-order valence-electron chi connectivity index (χ0n) is 38.6. The summed E-state index contributed by atoms with van der Waals surface area (Å²) in [6, 6.07) is -4.37. The fourth-order valence-corrected chi connectivity index (χ4v) is 5.82. The predicted molar refractivity (Wildman–Crippen MR) is 212 cm³/mol. The molecule has 0 spiro atoms. The van der Waals surface area contributed by atoms with Gasteiger partial charge in [0.1, 0.15) is 61.0 Å². The van der Waals surface area contributed by atoms with Crippen LogP contribution in [-0.4, -0.2) is 258 Å². The first-order valence-electron chi connectivity index (χ1n) is 20.4. The summed E-state index contributed by atoms with van der Waals surface area (Å²) in [6.07, 6.45) is -46.1. The summed E-state index contributed by atoms with van der Waals surface area (Å²) in [7, 11) is 0. The minimum absolute atomic E-state index is 0.0491. The van der Waals surface area contributed by atoms with Crippen molar-refractivity contribution in [1.29, 1.82) is 0 Å². The lowest BCUT2D eigenvalue weighted by atomic mass is 9.84. The Bertz CT molecular complexity index is 1840. The van der Waals surface area contributed by atoms with Gasteiger partial charge in [-0.05, 0) is 12.0 Å². The smallest absolute Gasteiger partial charge is 0.475 e. The number of carboxylic acid groups (broad SMARTS) is 5. The van der Waals surface area contributed by atoms with Gasteiger partial charge in [-0.15, -0.1) is 0 Å². The third-order valence-corrected chi connectivity index (χ3v) is 9.68. The normalized spacial score (nSPS) is 33.7. The van der Waals surface area contributed by atoms with E-state index in [1.807, 2.05) is 0 Å². The molecule has 3 aliphatic heterocycles. The summed E-state index contributed by atoms with van der Waals surface area (Å²) in [5.41, 5.74) is 38.7. The molecule has 0 unspecified atom stereocenters. The van der Waals surface area contributed by atoms with E-state index < -0.39 is 184 Å². The van der Waals surface area contributed by atoms with E-state index >= 15 is 0 Å². The second-order valence-electron chi connectivity index (χ2n) is 15.4. The monoisotopic (exact) mass is 1210 g/mol. The number of carboxylic acids is 5. The number of ether oxygens (including phenoxy) is 6. The SMILES string of the molecule is O=C(O)C(F)(F)F.O=C(O)C(F)(F)F.O=C(O)C(F)(F)F.O=C(O)C(F)(F)F.O=C(O)C(F)(F)F.[N-]=[N+]=NC[C@H]1O[C@H](O[C@H]2[C@H](O[C@@H]3O[C@H](CO)[C@@H](O[C@H]4O[C@@H](CN)[C@@H](O)[C@H](O)[C@H]4N)[C@H]3O)[C@@H](O)[C@H](N)C[C@@H]2N)[C@H](N)[C@@H](O)[C@@H]1O. The molecule has 0 aromatic heterocycles. The highest BCUT2D eigenvalue weighted by atomic mass is 19.4. The quantitative estimate of drug-likeness (QED) is 0.0425. The zero-order valence-corrected chi connectivity index (χ0v) is 38.6. The van der Waals surface area contributed by atoms with Gasteiger partial charge in [0, 0.05) is 23.5 Å². The van der Waals surface area contributed by atoms with Crippen LogP contribution in [-0.2, 0) is 52.4 Å². The van der Waals surface area contributed by atoms with Gasteiger partial charge >= 0.3 is 60.7 Å². The molecule has 464 valence electrons. The molecular weight excluding hydrogens is 1160 g/mol. The molecule has 4 fully saturated rings. The van der Waals surface area contributed by atoms with Gasteiger partial charge in [0.05, 0.1) is 37.4 Å². The van der Waals surface area contributed by atoms with Crippen molar-refractivity contribution in [1.82, 2.24) is 0 Å². The van der Waals surface area contributed by atoms with Crippen LogP contribution in [0.4, 0.5) is 65.9 Å². The number of azide groups is 1. The molecule has 3 heterocycles. The van der Waals surface area contributed by atoms with Crippen LogP contribution in [0.2, 0.25) is 0 Å². The minimum Gasteiger partial charge on any atom is -0.475 e. The highest BCUT2D eigenvalue weighted by Crippen LogP contribution is 2.34. The summed E-state index contributed by atoms with van der Waals surface area (Å²) < 4.78 is 193. The first-order valence-corrected chi connectivity index (χ1v) is 20.4. The van der Waals surface area contributed by atoms with Crippen LogP contribution in [0.5, 0.6) is 0 Å². The second kappa shape index (κ2) is 31.8. The Morgan fingerprint density at radius 2 is 0.785 bits per heavy atom. The molecule has 31 nitrogen and oxygen atoms in total. The molecule has 22 N–H and O–H groups in total. The number of nitrogens with two attached hydrogens (primary N) is 5. The number of hydrogen-bond acceptors (Lipinski definition) is 24. The van der Waals surface area contributed by atoms with Crippen molar-refractivity contribution in [3.8, 4) is 0 Å². The van der Waals surface area contributed by atoms with Crippen molar-refractivity contribution < 1.29 is 180 Å². The van der Waals surface area contributed by atoms with E-state index in [0.717, 1.165) is 0 Å². The molecule has 46 heteroatoms.